The van der Waals surface area contributed by atoms with Crippen LogP contribution in [0.3, 0.4) is 0 Å². The van der Waals surface area contributed by atoms with Gasteiger partial charge in [0.1, 0.15) is 0 Å². The second-order valence-electron chi connectivity index (χ2n) is 5.34. The van der Waals surface area contributed by atoms with Gasteiger partial charge in [0, 0.05) is 12.8 Å². The lowest BCUT2D eigenvalue weighted by molar-refractivity contribution is -0.131. The number of carbonyl (C=O) groups excluding carboxylic acids is 1. The van der Waals surface area contributed by atoms with Crippen molar-refractivity contribution in [2.45, 2.75) is 25.9 Å². The van der Waals surface area contributed by atoms with Crippen LogP contribution in [0, 0.1) is 0 Å². The molecule has 1 amide bonds. The number of amides is 1. The molecule has 0 aliphatic carbocycles. The van der Waals surface area contributed by atoms with E-state index in [1.165, 1.54) is 12.7 Å². The first-order valence-corrected chi connectivity index (χ1v) is 7.65. The third kappa shape index (κ3) is 5.34. The molecule has 1 N–H and O–H groups in total. The van der Waals surface area contributed by atoms with E-state index in [0.717, 1.165) is 24.1 Å². The average molecular weight is 310 g/mol. The molecular weight excluding hydrogens is 288 g/mol. The molecule has 4 nitrogen and oxygen atoms in total. The summed E-state index contributed by atoms with van der Waals surface area (Å²) in [6, 6.07) is 19.6. The molecule has 0 radical (unpaired) electrons. The van der Waals surface area contributed by atoms with Gasteiger partial charge in [0.15, 0.2) is 6.10 Å². The van der Waals surface area contributed by atoms with E-state index in [1.54, 1.807) is 0 Å². The van der Waals surface area contributed by atoms with Crippen molar-refractivity contribution in [1.82, 2.24) is 5.43 Å². The average Bonchev–Trinajstić information content (AvgIpc) is 2.60. The van der Waals surface area contributed by atoms with Crippen LogP contribution in [0.15, 0.2) is 65.8 Å². The lowest BCUT2D eigenvalue weighted by Crippen LogP contribution is -2.27. The Morgan fingerprint density at radius 2 is 1.70 bits per heavy atom. The molecule has 2 aromatic rings. The Hall–Kier alpha value is -2.46. The van der Waals surface area contributed by atoms with Gasteiger partial charge in [0.2, 0.25) is 0 Å². The third-order valence-corrected chi connectivity index (χ3v) is 3.55. The number of aryl methyl sites for hydroxylation is 1. The van der Waals surface area contributed by atoms with Crippen LogP contribution in [0.25, 0.3) is 0 Å². The van der Waals surface area contributed by atoms with E-state index in [4.69, 9.17) is 4.74 Å². The summed E-state index contributed by atoms with van der Waals surface area (Å²) in [5.74, 6) is -0.266. The highest BCUT2D eigenvalue weighted by molar-refractivity contribution is 5.86. The number of rotatable bonds is 7. The summed E-state index contributed by atoms with van der Waals surface area (Å²) in [6.07, 6.45) is 1.05. The number of carbonyl (C=O) groups is 1. The maximum Gasteiger partial charge on any atom is 0.273 e. The summed E-state index contributed by atoms with van der Waals surface area (Å²) in [5.41, 5.74) is 5.54. The fourth-order valence-electron chi connectivity index (χ4n) is 2.26. The Morgan fingerprint density at radius 3 is 2.30 bits per heavy atom. The standard InChI is InChI=1S/C19H22N2O2/c1-15(13-14-16-9-5-3-6-10-16)20-21-19(22)18(23-2)17-11-7-4-8-12-17/h3-12,18H,13-14H2,1-2H3,(H,21,22)/b20-15-/t18-/m0/s1. The van der Waals surface area contributed by atoms with Gasteiger partial charge in [-0.2, -0.15) is 5.10 Å². The van der Waals surface area contributed by atoms with Crippen LogP contribution in [-0.4, -0.2) is 18.7 Å². The highest BCUT2D eigenvalue weighted by Gasteiger charge is 2.19. The summed E-state index contributed by atoms with van der Waals surface area (Å²) in [4.78, 5) is 12.2. The molecule has 0 unspecified atom stereocenters. The molecule has 0 aliphatic heterocycles. The van der Waals surface area contributed by atoms with Gasteiger partial charge in [-0.1, -0.05) is 60.7 Å². The first-order valence-electron chi connectivity index (χ1n) is 7.65. The van der Waals surface area contributed by atoms with Crippen molar-refractivity contribution in [3.8, 4) is 0 Å². The maximum atomic E-state index is 12.2. The minimum atomic E-state index is -0.651. The van der Waals surface area contributed by atoms with Crippen LogP contribution >= 0.6 is 0 Å². The van der Waals surface area contributed by atoms with Gasteiger partial charge in [0.25, 0.3) is 5.91 Å². The van der Waals surface area contributed by atoms with Gasteiger partial charge in [-0.05, 0) is 30.9 Å². The van der Waals surface area contributed by atoms with Crippen LogP contribution < -0.4 is 5.43 Å². The maximum absolute atomic E-state index is 12.2. The predicted octanol–water partition coefficient (Wildman–Crippen LogP) is 3.50. The minimum absolute atomic E-state index is 0.266. The molecule has 2 rings (SSSR count). The van der Waals surface area contributed by atoms with Gasteiger partial charge >= 0.3 is 0 Å². The van der Waals surface area contributed by atoms with Crippen molar-refractivity contribution in [1.29, 1.82) is 0 Å². The second-order valence-corrected chi connectivity index (χ2v) is 5.34. The first-order chi connectivity index (χ1) is 11.2. The minimum Gasteiger partial charge on any atom is -0.367 e. The van der Waals surface area contributed by atoms with Gasteiger partial charge < -0.3 is 4.74 Å². The summed E-state index contributed by atoms with van der Waals surface area (Å²) >= 11 is 0. The molecule has 0 aliphatic rings. The molecular formula is C19H22N2O2. The highest BCUT2D eigenvalue weighted by atomic mass is 16.5. The number of hydrazone groups is 1. The van der Waals surface area contributed by atoms with Crippen molar-refractivity contribution in [3.05, 3.63) is 71.8 Å². The molecule has 23 heavy (non-hydrogen) atoms. The van der Waals surface area contributed by atoms with Crippen molar-refractivity contribution >= 4 is 11.6 Å². The predicted molar refractivity (Wildman–Crippen MR) is 92.2 cm³/mol. The quantitative estimate of drug-likeness (QED) is 0.628. The van der Waals surface area contributed by atoms with Gasteiger partial charge in [-0.25, -0.2) is 5.43 Å². The van der Waals surface area contributed by atoms with Crippen LogP contribution in [0.2, 0.25) is 0 Å². The van der Waals surface area contributed by atoms with Crippen molar-refractivity contribution < 1.29 is 9.53 Å². The molecule has 4 heteroatoms. The van der Waals surface area contributed by atoms with Crippen molar-refractivity contribution in [2.24, 2.45) is 5.10 Å². The zero-order valence-electron chi connectivity index (χ0n) is 13.5. The number of hydrogen-bond donors (Lipinski definition) is 1. The zero-order valence-corrected chi connectivity index (χ0v) is 13.5. The third-order valence-electron chi connectivity index (χ3n) is 3.55. The zero-order chi connectivity index (χ0) is 16.5. The normalized spacial score (nSPS) is 12.7. The summed E-state index contributed by atoms with van der Waals surface area (Å²) in [7, 11) is 1.52. The van der Waals surface area contributed by atoms with E-state index in [1.807, 2.05) is 55.5 Å². The molecule has 2 aromatic carbocycles. The number of benzene rings is 2. The molecule has 0 aromatic heterocycles. The fourth-order valence-corrected chi connectivity index (χ4v) is 2.26. The molecule has 0 spiro atoms. The van der Waals surface area contributed by atoms with Crippen LogP contribution in [0.5, 0.6) is 0 Å². The summed E-state index contributed by atoms with van der Waals surface area (Å²) in [6.45, 7) is 1.91. The fraction of sp³-hybridized carbons (Fsp3) is 0.263. The Balaban J connectivity index is 1.88. The summed E-state index contributed by atoms with van der Waals surface area (Å²) in [5, 5.41) is 4.17. The van der Waals surface area contributed by atoms with Gasteiger partial charge in [-0.3, -0.25) is 4.79 Å². The Kier molecular flexibility index (Phi) is 6.51. The highest BCUT2D eigenvalue weighted by Crippen LogP contribution is 2.16. The smallest absolute Gasteiger partial charge is 0.273 e. The number of ether oxygens (including phenoxy) is 1. The Labute approximate surface area is 137 Å². The van der Waals surface area contributed by atoms with Crippen LogP contribution in [0.4, 0.5) is 0 Å². The van der Waals surface area contributed by atoms with Crippen LogP contribution in [0.1, 0.15) is 30.6 Å². The Morgan fingerprint density at radius 1 is 1.09 bits per heavy atom. The van der Waals surface area contributed by atoms with Gasteiger partial charge in [0.05, 0.1) is 0 Å². The molecule has 0 heterocycles. The van der Waals surface area contributed by atoms with Crippen molar-refractivity contribution in [3.63, 3.8) is 0 Å². The largest absolute Gasteiger partial charge is 0.367 e. The van der Waals surface area contributed by atoms with E-state index in [9.17, 15) is 4.79 Å². The van der Waals surface area contributed by atoms with E-state index >= 15 is 0 Å². The molecule has 0 saturated carbocycles. The Bertz CT molecular complexity index is 639. The van der Waals surface area contributed by atoms with E-state index in [0.29, 0.717) is 0 Å². The molecule has 0 bridgehead atoms. The van der Waals surface area contributed by atoms with E-state index in [-0.39, 0.29) is 5.91 Å². The lowest BCUT2D eigenvalue weighted by atomic mass is 10.1. The molecule has 1 atom stereocenters. The monoisotopic (exact) mass is 310 g/mol. The van der Waals surface area contributed by atoms with Crippen molar-refractivity contribution in [2.75, 3.05) is 7.11 Å². The van der Waals surface area contributed by atoms with Gasteiger partial charge in [-0.15, -0.1) is 0 Å². The molecule has 0 fully saturated rings. The number of hydrogen-bond acceptors (Lipinski definition) is 3. The lowest BCUT2D eigenvalue weighted by Gasteiger charge is -2.14. The van der Waals surface area contributed by atoms with E-state index < -0.39 is 6.10 Å². The number of nitrogens with zero attached hydrogens (tertiary/aromatic N) is 1. The SMILES string of the molecule is CO[C@H](C(=O)N/N=C(/C)CCc1ccccc1)c1ccccc1. The summed E-state index contributed by atoms with van der Waals surface area (Å²) < 4.78 is 5.28. The molecule has 120 valence electrons. The molecule has 0 saturated heterocycles. The number of nitrogens with one attached hydrogen (secondary N) is 1. The number of methoxy groups -OCH3 is 1. The van der Waals surface area contributed by atoms with Crippen LogP contribution in [-0.2, 0) is 16.0 Å². The second kappa shape index (κ2) is 8.86. The topological polar surface area (TPSA) is 50.7 Å². The van der Waals surface area contributed by atoms with E-state index in [2.05, 4.69) is 22.7 Å². The first kappa shape index (κ1) is 16.9.